The number of nitrogens with one attached hydrogen (secondary N) is 1. The maximum atomic E-state index is 12.3. The lowest BCUT2D eigenvalue weighted by molar-refractivity contribution is -0.115. The van der Waals surface area contributed by atoms with Crippen molar-refractivity contribution in [3.8, 4) is 0 Å². The van der Waals surface area contributed by atoms with Crippen LogP contribution in [-0.4, -0.2) is 16.1 Å². The van der Waals surface area contributed by atoms with Crippen LogP contribution in [0.15, 0.2) is 65.7 Å². The highest BCUT2D eigenvalue weighted by Gasteiger charge is 2.14. The first-order chi connectivity index (χ1) is 11.1. The van der Waals surface area contributed by atoms with Gasteiger partial charge in [0.05, 0.1) is 22.7 Å². The van der Waals surface area contributed by atoms with Gasteiger partial charge in [-0.3, -0.25) is 9.78 Å². The second kappa shape index (κ2) is 6.71. The molecule has 0 saturated heterocycles. The molecular weight excluding hydrogens is 306 g/mol. The van der Waals surface area contributed by atoms with Crippen molar-refractivity contribution in [1.29, 1.82) is 0 Å². The molecule has 5 heteroatoms. The maximum absolute atomic E-state index is 12.3. The molecule has 2 aromatic carbocycles. The molecular formula is C18H17N3OS. The number of nitrogen functional groups attached to an aromatic ring is 1. The first kappa shape index (κ1) is 15.4. The van der Waals surface area contributed by atoms with E-state index in [1.165, 1.54) is 11.8 Å². The van der Waals surface area contributed by atoms with E-state index in [-0.39, 0.29) is 11.2 Å². The van der Waals surface area contributed by atoms with Gasteiger partial charge in [0.2, 0.25) is 5.91 Å². The molecule has 3 rings (SSSR count). The zero-order valence-corrected chi connectivity index (χ0v) is 13.5. The van der Waals surface area contributed by atoms with Gasteiger partial charge in [-0.05, 0) is 43.3 Å². The minimum atomic E-state index is -0.218. The highest BCUT2D eigenvalue weighted by Crippen LogP contribution is 2.25. The topological polar surface area (TPSA) is 68.0 Å². The molecule has 1 aromatic heterocycles. The Morgan fingerprint density at radius 3 is 2.70 bits per heavy atom. The largest absolute Gasteiger partial charge is 0.399 e. The Balaban J connectivity index is 1.68. The zero-order chi connectivity index (χ0) is 16.2. The van der Waals surface area contributed by atoms with Gasteiger partial charge < -0.3 is 11.1 Å². The third-order valence-corrected chi connectivity index (χ3v) is 4.53. The summed E-state index contributed by atoms with van der Waals surface area (Å²) in [6.07, 6.45) is 1.68. The molecule has 0 spiro atoms. The molecule has 0 radical (unpaired) electrons. The van der Waals surface area contributed by atoms with Crippen molar-refractivity contribution in [3.63, 3.8) is 0 Å². The van der Waals surface area contributed by atoms with Gasteiger partial charge in [0.15, 0.2) is 0 Å². The van der Waals surface area contributed by atoms with Crippen LogP contribution in [0.1, 0.15) is 6.92 Å². The van der Waals surface area contributed by atoms with Crippen LogP contribution >= 0.6 is 11.8 Å². The van der Waals surface area contributed by atoms with E-state index in [4.69, 9.17) is 5.73 Å². The Hall–Kier alpha value is -2.53. The Morgan fingerprint density at radius 2 is 1.91 bits per heavy atom. The lowest BCUT2D eigenvalue weighted by atomic mass is 10.2. The molecule has 0 aliphatic carbocycles. The monoisotopic (exact) mass is 323 g/mol. The van der Waals surface area contributed by atoms with Crippen molar-refractivity contribution >= 4 is 39.9 Å². The summed E-state index contributed by atoms with van der Waals surface area (Å²) in [6.45, 7) is 1.88. The lowest BCUT2D eigenvalue weighted by Crippen LogP contribution is -2.22. The predicted octanol–water partition coefficient (Wildman–Crippen LogP) is 3.94. The molecule has 0 bridgehead atoms. The van der Waals surface area contributed by atoms with Gasteiger partial charge in [-0.2, -0.15) is 0 Å². The van der Waals surface area contributed by atoms with Gasteiger partial charge in [-0.1, -0.05) is 18.2 Å². The molecule has 116 valence electrons. The van der Waals surface area contributed by atoms with Crippen molar-refractivity contribution in [1.82, 2.24) is 4.98 Å². The lowest BCUT2D eigenvalue weighted by Gasteiger charge is -2.12. The Kier molecular flexibility index (Phi) is 4.48. The Bertz CT molecular complexity index is 833. The molecule has 4 nitrogen and oxygen atoms in total. The number of carbonyl (C=O) groups excluding carboxylic acids is 1. The zero-order valence-electron chi connectivity index (χ0n) is 12.7. The summed E-state index contributed by atoms with van der Waals surface area (Å²) in [7, 11) is 0. The van der Waals surface area contributed by atoms with Gasteiger partial charge in [0.1, 0.15) is 0 Å². The number of hydrogen-bond acceptors (Lipinski definition) is 4. The number of amides is 1. The third kappa shape index (κ3) is 3.81. The van der Waals surface area contributed by atoms with E-state index in [2.05, 4.69) is 10.3 Å². The van der Waals surface area contributed by atoms with E-state index in [0.29, 0.717) is 11.4 Å². The first-order valence-electron chi connectivity index (χ1n) is 7.30. The molecule has 23 heavy (non-hydrogen) atoms. The molecule has 1 atom stereocenters. The summed E-state index contributed by atoms with van der Waals surface area (Å²) in [5, 5.41) is 3.70. The van der Waals surface area contributed by atoms with E-state index >= 15 is 0 Å². The number of hydrogen-bond donors (Lipinski definition) is 2. The predicted molar refractivity (Wildman–Crippen MR) is 96.5 cm³/mol. The van der Waals surface area contributed by atoms with Gasteiger partial charge >= 0.3 is 0 Å². The van der Waals surface area contributed by atoms with Crippen molar-refractivity contribution in [2.45, 2.75) is 17.1 Å². The summed E-state index contributed by atoms with van der Waals surface area (Å²) < 4.78 is 0. The number of rotatable bonds is 4. The fourth-order valence-corrected chi connectivity index (χ4v) is 3.05. The van der Waals surface area contributed by atoms with Crippen LogP contribution in [0.2, 0.25) is 0 Å². The van der Waals surface area contributed by atoms with Crippen LogP contribution in [0, 0.1) is 0 Å². The number of nitrogens with zero attached hydrogens (tertiary/aromatic N) is 1. The average molecular weight is 323 g/mol. The van der Waals surface area contributed by atoms with E-state index in [1.807, 2.05) is 61.5 Å². The summed E-state index contributed by atoms with van der Waals surface area (Å²) in [5.41, 5.74) is 8.00. The van der Waals surface area contributed by atoms with Gasteiger partial charge in [-0.25, -0.2) is 0 Å². The highest BCUT2D eigenvalue weighted by atomic mass is 32.2. The van der Waals surface area contributed by atoms with Crippen LogP contribution in [0.4, 0.5) is 11.4 Å². The van der Waals surface area contributed by atoms with Crippen LogP contribution in [0.3, 0.4) is 0 Å². The minimum absolute atomic E-state index is 0.0519. The summed E-state index contributed by atoms with van der Waals surface area (Å²) in [4.78, 5) is 17.7. The number of carbonyl (C=O) groups is 1. The average Bonchev–Trinajstić information content (AvgIpc) is 2.56. The van der Waals surface area contributed by atoms with Crippen LogP contribution < -0.4 is 11.1 Å². The number of para-hydroxylation sites is 1. The fraction of sp³-hybridized carbons (Fsp3) is 0.111. The van der Waals surface area contributed by atoms with E-state index in [1.54, 1.807) is 6.20 Å². The van der Waals surface area contributed by atoms with Crippen LogP contribution in [-0.2, 0) is 4.79 Å². The normalized spacial score (nSPS) is 12.0. The SMILES string of the molecule is C[C@H](Sc1ccc(N)cc1)C(=O)Nc1cnc2ccccc2c1. The van der Waals surface area contributed by atoms with Crippen LogP contribution in [0.25, 0.3) is 10.9 Å². The first-order valence-corrected chi connectivity index (χ1v) is 8.17. The Morgan fingerprint density at radius 1 is 1.17 bits per heavy atom. The molecule has 3 N–H and O–H groups in total. The molecule has 0 saturated carbocycles. The molecule has 0 unspecified atom stereocenters. The number of aromatic nitrogens is 1. The number of nitrogens with two attached hydrogens (primary N) is 1. The van der Waals surface area contributed by atoms with E-state index in [9.17, 15) is 4.79 Å². The molecule has 0 fully saturated rings. The minimum Gasteiger partial charge on any atom is -0.399 e. The number of fused-ring (bicyclic) bond motifs is 1. The quantitative estimate of drug-likeness (QED) is 0.564. The number of pyridine rings is 1. The summed E-state index contributed by atoms with van der Waals surface area (Å²) in [5.74, 6) is -0.0519. The van der Waals surface area contributed by atoms with Gasteiger partial charge in [0, 0.05) is 16.0 Å². The number of benzene rings is 2. The third-order valence-electron chi connectivity index (χ3n) is 3.42. The summed E-state index contributed by atoms with van der Waals surface area (Å²) >= 11 is 1.50. The molecule has 1 heterocycles. The van der Waals surface area contributed by atoms with Crippen molar-refractivity contribution in [2.75, 3.05) is 11.1 Å². The number of anilines is 2. The number of thioether (sulfide) groups is 1. The molecule has 0 aliphatic rings. The fourth-order valence-electron chi connectivity index (χ4n) is 2.19. The molecule has 1 amide bonds. The maximum Gasteiger partial charge on any atom is 0.237 e. The van der Waals surface area contributed by atoms with E-state index in [0.717, 1.165) is 15.8 Å². The standard InChI is InChI=1S/C18H17N3OS/c1-12(23-16-8-6-14(19)7-9-16)18(22)21-15-10-13-4-2-3-5-17(13)20-11-15/h2-12H,19H2,1H3,(H,21,22)/t12-/m0/s1. The molecule has 0 aliphatic heterocycles. The van der Waals surface area contributed by atoms with E-state index < -0.39 is 0 Å². The van der Waals surface area contributed by atoms with Crippen molar-refractivity contribution < 1.29 is 4.79 Å². The van der Waals surface area contributed by atoms with Gasteiger partial charge in [-0.15, -0.1) is 11.8 Å². The van der Waals surface area contributed by atoms with Crippen LogP contribution in [0.5, 0.6) is 0 Å². The second-order valence-electron chi connectivity index (χ2n) is 5.24. The van der Waals surface area contributed by atoms with Crippen molar-refractivity contribution in [2.24, 2.45) is 0 Å². The van der Waals surface area contributed by atoms with Gasteiger partial charge in [0.25, 0.3) is 0 Å². The molecule has 3 aromatic rings. The smallest absolute Gasteiger partial charge is 0.237 e. The highest BCUT2D eigenvalue weighted by molar-refractivity contribution is 8.00. The van der Waals surface area contributed by atoms with Crippen molar-refractivity contribution in [3.05, 3.63) is 60.8 Å². The second-order valence-corrected chi connectivity index (χ2v) is 6.65. The summed E-state index contributed by atoms with van der Waals surface area (Å²) in [6, 6.07) is 17.3. The Labute approximate surface area is 139 Å².